The number of hydrogen-bond acceptors (Lipinski definition) is 2. The first-order valence-electron chi connectivity index (χ1n) is 7.74. The maximum Gasteiger partial charge on any atom is 0.317 e. The van der Waals surface area contributed by atoms with Crippen LogP contribution in [0.2, 0.25) is 0 Å². The van der Waals surface area contributed by atoms with Crippen molar-refractivity contribution < 1.29 is 14.7 Å². The summed E-state index contributed by atoms with van der Waals surface area (Å²) in [7, 11) is 1.76. The molecular formula is C15H28N2O3. The lowest BCUT2D eigenvalue weighted by atomic mass is 9.74. The van der Waals surface area contributed by atoms with Gasteiger partial charge >= 0.3 is 12.0 Å². The van der Waals surface area contributed by atoms with Gasteiger partial charge in [-0.2, -0.15) is 0 Å². The lowest BCUT2D eigenvalue weighted by Crippen LogP contribution is -2.47. The largest absolute Gasteiger partial charge is 0.481 e. The first kappa shape index (κ1) is 16.8. The predicted molar refractivity (Wildman–Crippen MR) is 78.7 cm³/mol. The van der Waals surface area contributed by atoms with Crippen molar-refractivity contribution in [1.29, 1.82) is 0 Å². The molecule has 0 aromatic carbocycles. The molecule has 1 aliphatic rings. The number of urea groups is 1. The Bertz CT molecular complexity index is 325. The van der Waals surface area contributed by atoms with Gasteiger partial charge in [0.25, 0.3) is 0 Å². The Morgan fingerprint density at radius 1 is 1.20 bits per heavy atom. The summed E-state index contributed by atoms with van der Waals surface area (Å²) in [4.78, 5) is 25.1. The van der Waals surface area contributed by atoms with E-state index in [1.165, 1.54) is 0 Å². The van der Waals surface area contributed by atoms with Crippen molar-refractivity contribution >= 4 is 12.0 Å². The number of rotatable bonds is 7. The molecule has 5 heteroatoms. The molecule has 0 aromatic rings. The van der Waals surface area contributed by atoms with E-state index in [2.05, 4.69) is 12.2 Å². The summed E-state index contributed by atoms with van der Waals surface area (Å²) in [5, 5.41) is 12.3. The first-order valence-corrected chi connectivity index (χ1v) is 7.74. The summed E-state index contributed by atoms with van der Waals surface area (Å²) in [6.45, 7) is 3.10. The minimum atomic E-state index is -0.772. The Hall–Kier alpha value is -1.26. The molecule has 1 aliphatic carbocycles. The number of carbonyl (C=O) groups excluding carboxylic acids is 1. The standard InChI is InChI=1S/C15H28N2O3/c1-3-4-8-11-17(2)14(20)16-12-15(13(18)19)9-6-5-7-10-15/h3-12H2,1-2H3,(H,16,20)(H,18,19). The second-order valence-corrected chi connectivity index (χ2v) is 5.93. The van der Waals surface area contributed by atoms with Gasteiger partial charge in [-0.25, -0.2) is 4.79 Å². The molecule has 0 spiro atoms. The molecular weight excluding hydrogens is 256 g/mol. The van der Waals surface area contributed by atoms with E-state index in [0.717, 1.165) is 45.1 Å². The molecule has 0 aliphatic heterocycles. The normalized spacial score (nSPS) is 17.5. The van der Waals surface area contributed by atoms with Crippen molar-refractivity contribution in [1.82, 2.24) is 10.2 Å². The lowest BCUT2D eigenvalue weighted by molar-refractivity contribution is -0.150. The number of nitrogens with one attached hydrogen (secondary N) is 1. The quantitative estimate of drug-likeness (QED) is 0.706. The Morgan fingerprint density at radius 2 is 1.85 bits per heavy atom. The molecule has 2 N–H and O–H groups in total. The van der Waals surface area contributed by atoms with Gasteiger partial charge in [0.05, 0.1) is 5.41 Å². The van der Waals surface area contributed by atoms with Crippen molar-refractivity contribution in [2.24, 2.45) is 5.41 Å². The Balaban J connectivity index is 2.42. The van der Waals surface area contributed by atoms with E-state index in [0.29, 0.717) is 12.8 Å². The molecule has 0 atom stereocenters. The van der Waals surface area contributed by atoms with Crippen LogP contribution in [-0.4, -0.2) is 42.1 Å². The number of unbranched alkanes of at least 4 members (excludes halogenated alkanes) is 2. The third-order valence-corrected chi connectivity index (χ3v) is 4.29. The molecule has 20 heavy (non-hydrogen) atoms. The topological polar surface area (TPSA) is 69.6 Å². The summed E-state index contributed by atoms with van der Waals surface area (Å²) in [5.41, 5.74) is -0.752. The zero-order valence-electron chi connectivity index (χ0n) is 12.8. The predicted octanol–water partition coefficient (Wildman–Crippen LogP) is 2.85. The van der Waals surface area contributed by atoms with E-state index >= 15 is 0 Å². The number of nitrogens with zero attached hydrogens (tertiary/aromatic N) is 1. The molecule has 0 aromatic heterocycles. The molecule has 5 nitrogen and oxygen atoms in total. The van der Waals surface area contributed by atoms with Crippen molar-refractivity contribution in [3.05, 3.63) is 0 Å². The summed E-state index contributed by atoms with van der Waals surface area (Å²) >= 11 is 0. The lowest BCUT2D eigenvalue weighted by Gasteiger charge is -2.33. The van der Waals surface area contributed by atoms with Gasteiger partial charge in [-0.1, -0.05) is 39.0 Å². The minimum absolute atomic E-state index is 0.160. The number of hydrogen-bond donors (Lipinski definition) is 2. The van der Waals surface area contributed by atoms with Crippen LogP contribution in [0.25, 0.3) is 0 Å². The minimum Gasteiger partial charge on any atom is -0.481 e. The molecule has 0 radical (unpaired) electrons. The summed E-state index contributed by atoms with van der Waals surface area (Å²) in [6, 6.07) is -0.160. The monoisotopic (exact) mass is 284 g/mol. The van der Waals surface area contributed by atoms with Crippen LogP contribution >= 0.6 is 0 Å². The van der Waals surface area contributed by atoms with Crippen LogP contribution in [0.4, 0.5) is 4.79 Å². The third-order valence-electron chi connectivity index (χ3n) is 4.29. The highest BCUT2D eigenvalue weighted by Crippen LogP contribution is 2.36. The number of aliphatic carboxylic acids is 1. The Kier molecular flexibility index (Phi) is 6.82. The van der Waals surface area contributed by atoms with Crippen LogP contribution in [0.3, 0.4) is 0 Å². The van der Waals surface area contributed by atoms with Crippen LogP contribution in [0.5, 0.6) is 0 Å². The van der Waals surface area contributed by atoms with E-state index in [1.54, 1.807) is 11.9 Å². The van der Waals surface area contributed by atoms with Crippen LogP contribution < -0.4 is 5.32 Å². The Labute approximate surface area is 121 Å². The van der Waals surface area contributed by atoms with Crippen molar-refractivity contribution in [3.8, 4) is 0 Å². The average molecular weight is 284 g/mol. The highest BCUT2D eigenvalue weighted by atomic mass is 16.4. The molecule has 0 saturated heterocycles. The van der Waals surface area contributed by atoms with Crippen LogP contribution in [0.1, 0.15) is 58.3 Å². The van der Waals surface area contributed by atoms with Gasteiger partial charge in [0, 0.05) is 20.1 Å². The van der Waals surface area contributed by atoms with Crippen LogP contribution in [0.15, 0.2) is 0 Å². The van der Waals surface area contributed by atoms with E-state index in [-0.39, 0.29) is 12.6 Å². The molecule has 2 amide bonds. The number of amides is 2. The van der Waals surface area contributed by atoms with Crippen molar-refractivity contribution in [2.75, 3.05) is 20.1 Å². The molecule has 116 valence electrons. The smallest absolute Gasteiger partial charge is 0.317 e. The SMILES string of the molecule is CCCCCN(C)C(=O)NCC1(C(=O)O)CCCCC1. The number of carboxylic acids is 1. The highest BCUT2D eigenvalue weighted by Gasteiger charge is 2.39. The molecule has 0 heterocycles. The zero-order valence-corrected chi connectivity index (χ0v) is 12.8. The van der Waals surface area contributed by atoms with Gasteiger partial charge in [0.15, 0.2) is 0 Å². The highest BCUT2D eigenvalue weighted by molar-refractivity contribution is 5.78. The van der Waals surface area contributed by atoms with Crippen LogP contribution in [-0.2, 0) is 4.79 Å². The fourth-order valence-electron chi connectivity index (χ4n) is 2.78. The fraction of sp³-hybridized carbons (Fsp3) is 0.867. The van der Waals surface area contributed by atoms with Crippen molar-refractivity contribution in [3.63, 3.8) is 0 Å². The molecule has 0 bridgehead atoms. The maximum atomic E-state index is 12.0. The van der Waals surface area contributed by atoms with Gasteiger partial charge in [-0.15, -0.1) is 0 Å². The summed E-state index contributed by atoms with van der Waals surface area (Å²) in [5.74, 6) is -0.772. The second-order valence-electron chi connectivity index (χ2n) is 5.93. The van der Waals surface area contributed by atoms with Gasteiger partial charge < -0.3 is 15.3 Å². The van der Waals surface area contributed by atoms with Gasteiger partial charge in [-0.05, 0) is 19.3 Å². The molecule has 1 saturated carbocycles. The molecule has 0 unspecified atom stereocenters. The third kappa shape index (κ3) is 4.69. The zero-order chi connectivity index (χ0) is 15.0. The fourth-order valence-corrected chi connectivity index (χ4v) is 2.78. The Morgan fingerprint density at radius 3 is 2.40 bits per heavy atom. The second kappa shape index (κ2) is 8.12. The summed E-state index contributed by atoms with van der Waals surface area (Å²) in [6.07, 6.45) is 7.53. The van der Waals surface area contributed by atoms with E-state index in [1.807, 2.05) is 0 Å². The molecule has 1 fully saturated rings. The van der Waals surface area contributed by atoms with E-state index in [4.69, 9.17) is 0 Å². The number of carbonyl (C=O) groups is 2. The summed E-state index contributed by atoms with van der Waals surface area (Å²) < 4.78 is 0. The van der Waals surface area contributed by atoms with Crippen molar-refractivity contribution in [2.45, 2.75) is 58.3 Å². The number of carboxylic acid groups (broad SMARTS) is 1. The van der Waals surface area contributed by atoms with Gasteiger partial charge in [0.2, 0.25) is 0 Å². The van der Waals surface area contributed by atoms with E-state index in [9.17, 15) is 14.7 Å². The van der Waals surface area contributed by atoms with Gasteiger partial charge in [-0.3, -0.25) is 4.79 Å². The maximum absolute atomic E-state index is 12.0. The van der Waals surface area contributed by atoms with Gasteiger partial charge in [0.1, 0.15) is 0 Å². The first-order chi connectivity index (χ1) is 9.52. The average Bonchev–Trinajstić information content (AvgIpc) is 2.45. The molecule has 1 rings (SSSR count). The van der Waals surface area contributed by atoms with E-state index < -0.39 is 11.4 Å². The van der Waals surface area contributed by atoms with Crippen LogP contribution in [0, 0.1) is 5.41 Å².